The van der Waals surface area contributed by atoms with Crippen molar-refractivity contribution in [3.8, 4) is 16.8 Å². The lowest BCUT2D eigenvalue weighted by Crippen LogP contribution is -2.08. The van der Waals surface area contributed by atoms with Crippen molar-refractivity contribution in [3.05, 3.63) is 113 Å². The molecule has 188 valence electrons. The van der Waals surface area contributed by atoms with E-state index in [1.54, 1.807) is 0 Å². The van der Waals surface area contributed by atoms with Gasteiger partial charge in [0, 0.05) is 28.9 Å². The maximum atomic E-state index is 6.44. The zero-order valence-electron chi connectivity index (χ0n) is 22.0. The smallest absolute Gasteiger partial charge is 0.119 e. The molecular formula is C36H29N3. The minimum absolute atomic E-state index is 0.800. The molecule has 0 atom stereocenters. The van der Waals surface area contributed by atoms with E-state index in [2.05, 4.69) is 107 Å². The molecule has 2 aliphatic carbocycles. The Bertz CT molecular complexity index is 1960. The first kappa shape index (κ1) is 22.2. The number of allylic oxidation sites excluding steroid dienone is 5. The van der Waals surface area contributed by atoms with Gasteiger partial charge in [0.15, 0.2) is 0 Å². The molecular weight excluding hydrogens is 474 g/mol. The van der Waals surface area contributed by atoms with Crippen molar-refractivity contribution in [3.63, 3.8) is 0 Å². The van der Waals surface area contributed by atoms with Gasteiger partial charge in [-0.15, -0.1) is 0 Å². The standard InChI is InChI=1S/C36H29N3/c1-2-7-23-20-34-32(21-33(23)37)31-12-6-19-38-36(31)39(34)24-15-13-22(14-16-24)25-17-18-30-27-9-4-3-8-26(27)29-11-5-10-28(25)35(29)30/h2,4-7,9-18,20-21,38H,3,8,19,37H2,1H3/b7-2-. The minimum Gasteiger partial charge on any atom is -0.398 e. The summed E-state index contributed by atoms with van der Waals surface area (Å²) >= 11 is 0. The molecule has 0 unspecified atom stereocenters. The molecule has 39 heavy (non-hydrogen) atoms. The van der Waals surface area contributed by atoms with Gasteiger partial charge < -0.3 is 11.1 Å². The number of nitrogens with two attached hydrogens (primary N) is 1. The molecule has 4 aromatic carbocycles. The average molecular weight is 504 g/mol. The molecule has 0 fully saturated rings. The Morgan fingerprint density at radius 3 is 2.62 bits per heavy atom. The van der Waals surface area contributed by atoms with Crippen LogP contribution in [0.25, 0.3) is 61.8 Å². The summed E-state index contributed by atoms with van der Waals surface area (Å²) in [6.07, 6.45) is 15.4. The highest BCUT2D eigenvalue weighted by Crippen LogP contribution is 2.48. The van der Waals surface area contributed by atoms with Gasteiger partial charge in [0.1, 0.15) is 5.82 Å². The van der Waals surface area contributed by atoms with E-state index in [9.17, 15) is 0 Å². The number of rotatable bonds is 3. The van der Waals surface area contributed by atoms with Gasteiger partial charge in [-0.25, -0.2) is 0 Å². The molecule has 1 aliphatic heterocycles. The van der Waals surface area contributed by atoms with Crippen LogP contribution in [0, 0.1) is 0 Å². The highest BCUT2D eigenvalue weighted by molar-refractivity contribution is 6.19. The van der Waals surface area contributed by atoms with Crippen LogP contribution in [0.5, 0.6) is 0 Å². The lowest BCUT2D eigenvalue weighted by atomic mass is 9.93. The molecule has 2 heterocycles. The number of fused-ring (bicyclic) bond motifs is 5. The molecule has 1 aromatic heterocycles. The molecule has 3 nitrogen and oxygen atoms in total. The molecule has 0 saturated heterocycles. The topological polar surface area (TPSA) is 43.0 Å². The van der Waals surface area contributed by atoms with E-state index < -0.39 is 0 Å². The fourth-order valence-corrected chi connectivity index (χ4v) is 6.78. The predicted octanol–water partition coefficient (Wildman–Crippen LogP) is 9.08. The molecule has 3 aliphatic rings. The normalized spacial score (nSPS) is 15.4. The van der Waals surface area contributed by atoms with Gasteiger partial charge in [-0.3, -0.25) is 4.57 Å². The maximum absolute atomic E-state index is 6.44. The van der Waals surface area contributed by atoms with Gasteiger partial charge in [0.2, 0.25) is 0 Å². The second-order valence-electron chi connectivity index (χ2n) is 10.6. The van der Waals surface area contributed by atoms with E-state index in [4.69, 9.17) is 5.73 Å². The van der Waals surface area contributed by atoms with Gasteiger partial charge >= 0.3 is 0 Å². The van der Waals surface area contributed by atoms with Crippen molar-refractivity contribution in [2.45, 2.75) is 19.8 Å². The lowest BCUT2D eigenvalue weighted by Gasteiger charge is -2.16. The number of hydrogen-bond donors (Lipinski definition) is 2. The van der Waals surface area contributed by atoms with Crippen molar-refractivity contribution >= 4 is 56.5 Å². The van der Waals surface area contributed by atoms with E-state index in [0.29, 0.717) is 0 Å². The number of aromatic nitrogens is 1. The molecule has 0 spiro atoms. The van der Waals surface area contributed by atoms with E-state index in [1.807, 2.05) is 13.0 Å². The lowest BCUT2D eigenvalue weighted by molar-refractivity contribution is 1.06. The van der Waals surface area contributed by atoms with Gasteiger partial charge in [0.05, 0.1) is 5.52 Å². The second kappa shape index (κ2) is 8.37. The number of nitrogens with one attached hydrogen (secondary N) is 1. The summed E-state index contributed by atoms with van der Waals surface area (Å²) in [4.78, 5) is 0. The second-order valence-corrected chi connectivity index (χ2v) is 10.6. The Morgan fingerprint density at radius 2 is 1.74 bits per heavy atom. The number of anilines is 2. The van der Waals surface area contributed by atoms with Crippen molar-refractivity contribution in [1.82, 2.24) is 4.57 Å². The summed E-state index contributed by atoms with van der Waals surface area (Å²) in [7, 11) is 0. The van der Waals surface area contributed by atoms with Crippen LogP contribution < -0.4 is 11.1 Å². The van der Waals surface area contributed by atoms with Crippen LogP contribution in [0.1, 0.15) is 42.0 Å². The Hall–Kier alpha value is -4.76. The predicted molar refractivity (Wildman–Crippen MR) is 168 cm³/mol. The molecule has 0 saturated carbocycles. The van der Waals surface area contributed by atoms with Crippen LogP contribution in [-0.4, -0.2) is 11.1 Å². The van der Waals surface area contributed by atoms with Gasteiger partial charge in [-0.2, -0.15) is 0 Å². The van der Waals surface area contributed by atoms with Crippen LogP contribution in [-0.2, 0) is 0 Å². The number of nitrogen functional groups attached to an aromatic ring is 1. The summed E-state index contributed by atoms with van der Waals surface area (Å²) in [6.45, 7) is 2.84. The quantitative estimate of drug-likeness (QED) is 0.241. The molecule has 0 radical (unpaired) electrons. The molecule has 5 aromatic rings. The van der Waals surface area contributed by atoms with Crippen LogP contribution in [0.4, 0.5) is 11.5 Å². The maximum Gasteiger partial charge on any atom is 0.119 e. The zero-order chi connectivity index (χ0) is 26.1. The third-order valence-corrected chi connectivity index (χ3v) is 8.49. The van der Waals surface area contributed by atoms with Crippen LogP contribution >= 0.6 is 0 Å². The van der Waals surface area contributed by atoms with Crippen LogP contribution in [0.2, 0.25) is 0 Å². The van der Waals surface area contributed by atoms with E-state index in [1.165, 1.54) is 55.1 Å². The number of benzene rings is 4. The Balaban J connectivity index is 1.28. The third-order valence-electron chi connectivity index (χ3n) is 8.49. The van der Waals surface area contributed by atoms with Crippen molar-refractivity contribution in [2.75, 3.05) is 17.6 Å². The summed E-state index contributed by atoms with van der Waals surface area (Å²) in [5, 5.41) is 7.52. The van der Waals surface area contributed by atoms with Gasteiger partial charge in [-0.1, -0.05) is 78.9 Å². The molecule has 3 heteroatoms. The monoisotopic (exact) mass is 503 g/mol. The minimum atomic E-state index is 0.800. The summed E-state index contributed by atoms with van der Waals surface area (Å²) in [5.41, 5.74) is 20.0. The summed E-state index contributed by atoms with van der Waals surface area (Å²) in [5.74, 6) is 1.12. The first-order valence-corrected chi connectivity index (χ1v) is 13.8. The number of nitrogens with zero attached hydrogens (tertiary/aromatic N) is 1. The SMILES string of the molecule is C/C=C\c1cc2c(cc1N)c1c(n2-c2ccc(-c3ccc4c5c(cccc35)C3=C4C=CCC3)cc2)NCC=C1. The van der Waals surface area contributed by atoms with E-state index in [0.717, 1.165) is 47.7 Å². The number of hydrogen-bond acceptors (Lipinski definition) is 2. The van der Waals surface area contributed by atoms with E-state index >= 15 is 0 Å². The van der Waals surface area contributed by atoms with Crippen molar-refractivity contribution in [2.24, 2.45) is 0 Å². The molecule has 3 N–H and O–H groups in total. The Labute approximate surface area is 228 Å². The highest BCUT2D eigenvalue weighted by Gasteiger charge is 2.25. The van der Waals surface area contributed by atoms with Crippen LogP contribution in [0.15, 0.2) is 91.0 Å². The van der Waals surface area contributed by atoms with Crippen LogP contribution in [0.3, 0.4) is 0 Å². The van der Waals surface area contributed by atoms with Gasteiger partial charge in [0.25, 0.3) is 0 Å². The third kappa shape index (κ3) is 3.17. The molecule has 0 bridgehead atoms. The summed E-state index contributed by atoms with van der Waals surface area (Å²) < 4.78 is 2.34. The zero-order valence-corrected chi connectivity index (χ0v) is 22.0. The Morgan fingerprint density at radius 1 is 0.872 bits per heavy atom. The van der Waals surface area contributed by atoms with Crippen molar-refractivity contribution in [1.29, 1.82) is 0 Å². The first-order valence-electron chi connectivity index (χ1n) is 13.8. The fraction of sp³-hybridized carbons (Fsp3) is 0.111. The largest absolute Gasteiger partial charge is 0.398 e. The fourth-order valence-electron chi connectivity index (χ4n) is 6.78. The average Bonchev–Trinajstić information content (AvgIpc) is 3.48. The van der Waals surface area contributed by atoms with Crippen molar-refractivity contribution < 1.29 is 0 Å². The first-order chi connectivity index (χ1) is 19.2. The molecule has 8 rings (SSSR count). The Kier molecular flexibility index (Phi) is 4.78. The summed E-state index contributed by atoms with van der Waals surface area (Å²) in [6, 6.07) is 24.8. The van der Waals surface area contributed by atoms with Gasteiger partial charge in [-0.05, 0) is 93.8 Å². The molecule has 0 amide bonds. The highest BCUT2D eigenvalue weighted by atomic mass is 15.1. The van der Waals surface area contributed by atoms with E-state index in [-0.39, 0.29) is 0 Å².